The fraction of sp³-hybridized carbons (Fsp3) is 0. The SMILES string of the molecule is c1cc2c[c]([Bi]([c]3ccc4[nH]ccc4c3)[c]3ccc4[nH]ccc4c3)ccc2[nH]1. The first-order valence-electron chi connectivity index (χ1n) is 9.37. The molecule has 0 amide bonds. The Kier molecular flexibility index (Phi) is 3.67. The molecule has 3 aromatic heterocycles. The number of aromatic nitrogens is 3. The molecule has 6 aromatic rings. The van der Waals surface area contributed by atoms with Crippen LogP contribution in [0.5, 0.6) is 0 Å². The molecule has 3 nitrogen and oxygen atoms in total. The maximum absolute atomic E-state index is 3.32. The topological polar surface area (TPSA) is 47.4 Å². The summed E-state index contributed by atoms with van der Waals surface area (Å²) < 4.78 is 4.52. The first-order valence-corrected chi connectivity index (χ1v) is 14.6. The third-order valence-corrected chi connectivity index (χ3v) is 14.7. The predicted molar refractivity (Wildman–Crippen MR) is 120 cm³/mol. The van der Waals surface area contributed by atoms with Gasteiger partial charge in [0, 0.05) is 0 Å². The molecule has 6 rings (SSSR count). The molecule has 134 valence electrons. The van der Waals surface area contributed by atoms with Gasteiger partial charge < -0.3 is 0 Å². The van der Waals surface area contributed by atoms with Crippen molar-refractivity contribution >= 4 is 64.3 Å². The first-order chi connectivity index (χ1) is 13.8. The predicted octanol–water partition coefficient (Wildman–Crippen LogP) is 3.65. The van der Waals surface area contributed by atoms with E-state index >= 15 is 0 Å². The monoisotopic (exact) mass is 557 g/mol. The van der Waals surface area contributed by atoms with Gasteiger partial charge in [-0.05, 0) is 0 Å². The van der Waals surface area contributed by atoms with Crippen molar-refractivity contribution in [1.29, 1.82) is 0 Å². The molecule has 3 aromatic carbocycles. The standard InChI is InChI=1S/3C8H6N.Bi/c3*1-2-4-8-7(3-1)5-6-9-8;/h3*2-6,9H;. The van der Waals surface area contributed by atoms with Gasteiger partial charge in [0.25, 0.3) is 0 Å². The van der Waals surface area contributed by atoms with E-state index in [1.807, 2.05) is 18.6 Å². The van der Waals surface area contributed by atoms with Crippen molar-refractivity contribution in [2.45, 2.75) is 0 Å². The van der Waals surface area contributed by atoms with E-state index in [9.17, 15) is 0 Å². The fourth-order valence-electron chi connectivity index (χ4n) is 3.99. The third-order valence-electron chi connectivity index (χ3n) is 5.39. The third kappa shape index (κ3) is 2.60. The van der Waals surface area contributed by atoms with Crippen molar-refractivity contribution in [3.8, 4) is 0 Å². The first kappa shape index (κ1) is 16.1. The van der Waals surface area contributed by atoms with Gasteiger partial charge in [-0.1, -0.05) is 0 Å². The van der Waals surface area contributed by atoms with E-state index in [2.05, 4.69) is 87.7 Å². The fourth-order valence-corrected chi connectivity index (χ4v) is 13.2. The Morgan fingerprint density at radius 1 is 0.429 bits per heavy atom. The van der Waals surface area contributed by atoms with Crippen LogP contribution in [0.4, 0.5) is 0 Å². The van der Waals surface area contributed by atoms with Gasteiger partial charge in [-0.3, -0.25) is 0 Å². The van der Waals surface area contributed by atoms with Crippen LogP contribution < -0.4 is 9.81 Å². The molecule has 0 atom stereocenters. The van der Waals surface area contributed by atoms with E-state index in [1.165, 1.54) is 42.5 Å². The van der Waals surface area contributed by atoms with Crippen LogP contribution in [0.1, 0.15) is 0 Å². The number of fused-ring (bicyclic) bond motifs is 3. The average molecular weight is 557 g/mol. The van der Waals surface area contributed by atoms with Crippen LogP contribution in [-0.4, -0.2) is 36.7 Å². The Balaban J connectivity index is 1.59. The second-order valence-corrected chi connectivity index (χ2v) is 15.7. The molecule has 0 radical (unpaired) electrons. The van der Waals surface area contributed by atoms with Gasteiger partial charge in [-0.25, -0.2) is 0 Å². The molecule has 0 aliphatic rings. The number of benzene rings is 3. The maximum atomic E-state index is 3.32. The van der Waals surface area contributed by atoms with Crippen LogP contribution in [0, 0.1) is 0 Å². The van der Waals surface area contributed by atoms with Crippen LogP contribution in [0.3, 0.4) is 0 Å². The summed E-state index contributed by atoms with van der Waals surface area (Å²) in [5.74, 6) is 0. The molecular formula is C24H18BiN3. The molecule has 0 saturated heterocycles. The quantitative estimate of drug-likeness (QED) is 0.279. The number of nitrogens with one attached hydrogen (secondary N) is 3. The molecule has 0 aliphatic heterocycles. The zero-order valence-corrected chi connectivity index (χ0v) is 18.6. The molecule has 0 aliphatic carbocycles. The molecular weight excluding hydrogens is 539 g/mol. The molecule has 0 fully saturated rings. The van der Waals surface area contributed by atoms with E-state index in [0.29, 0.717) is 0 Å². The molecule has 0 spiro atoms. The molecule has 3 heterocycles. The van der Waals surface area contributed by atoms with Gasteiger partial charge in [0.2, 0.25) is 0 Å². The number of aromatic amines is 3. The van der Waals surface area contributed by atoms with Gasteiger partial charge in [-0.2, -0.15) is 0 Å². The number of hydrogen-bond acceptors (Lipinski definition) is 0. The summed E-state index contributed by atoms with van der Waals surface area (Å²) in [6.45, 7) is 0. The van der Waals surface area contributed by atoms with Crippen molar-refractivity contribution in [3.05, 3.63) is 91.4 Å². The van der Waals surface area contributed by atoms with Crippen LogP contribution in [0.25, 0.3) is 32.7 Å². The van der Waals surface area contributed by atoms with Crippen molar-refractivity contribution < 1.29 is 0 Å². The van der Waals surface area contributed by atoms with Gasteiger partial charge in [0.05, 0.1) is 0 Å². The Morgan fingerprint density at radius 3 is 1.14 bits per heavy atom. The summed E-state index contributed by atoms with van der Waals surface area (Å²) in [5, 5.41) is 3.88. The van der Waals surface area contributed by atoms with E-state index in [4.69, 9.17) is 0 Å². The zero-order chi connectivity index (χ0) is 18.5. The summed E-state index contributed by atoms with van der Waals surface area (Å²) in [6.07, 6.45) is 6.07. The zero-order valence-electron chi connectivity index (χ0n) is 15.1. The van der Waals surface area contributed by atoms with Crippen LogP contribution in [0.15, 0.2) is 91.4 Å². The van der Waals surface area contributed by atoms with Gasteiger partial charge in [-0.15, -0.1) is 0 Å². The second kappa shape index (κ2) is 6.36. The van der Waals surface area contributed by atoms with Crippen LogP contribution in [-0.2, 0) is 0 Å². The minimum atomic E-state index is -2.43. The summed E-state index contributed by atoms with van der Waals surface area (Å²) in [6, 6.07) is 27.4. The Morgan fingerprint density at radius 2 is 0.786 bits per heavy atom. The minimum absolute atomic E-state index is 1.20. The average Bonchev–Trinajstić information content (AvgIpc) is 3.47. The normalized spacial score (nSPS) is 11.9. The molecule has 4 heteroatoms. The molecule has 0 saturated carbocycles. The molecule has 0 bridgehead atoms. The Hall–Kier alpha value is -2.84. The van der Waals surface area contributed by atoms with E-state index in [1.54, 1.807) is 0 Å². The van der Waals surface area contributed by atoms with Crippen molar-refractivity contribution in [1.82, 2.24) is 15.0 Å². The van der Waals surface area contributed by atoms with Gasteiger partial charge >= 0.3 is 171 Å². The number of hydrogen-bond donors (Lipinski definition) is 3. The molecule has 28 heavy (non-hydrogen) atoms. The second-order valence-electron chi connectivity index (χ2n) is 7.08. The Bertz CT molecular complexity index is 1260. The van der Waals surface area contributed by atoms with Crippen molar-refractivity contribution in [2.75, 3.05) is 0 Å². The Labute approximate surface area is 170 Å². The number of rotatable bonds is 3. The van der Waals surface area contributed by atoms with E-state index in [-0.39, 0.29) is 0 Å². The van der Waals surface area contributed by atoms with Crippen LogP contribution in [0.2, 0.25) is 0 Å². The van der Waals surface area contributed by atoms with Gasteiger partial charge in [0.15, 0.2) is 0 Å². The molecule has 0 unspecified atom stereocenters. The summed E-state index contributed by atoms with van der Waals surface area (Å²) in [7, 11) is 0. The summed E-state index contributed by atoms with van der Waals surface area (Å²) >= 11 is -2.43. The van der Waals surface area contributed by atoms with Crippen molar-refractivity contribution in [3.63, 3.8) is 0 Å². The van der Waals surface area contributed by atoms with Gasteiger partial charge in [0.1, 0.15) is 0 Å². The van der Waals surface area contributed by atoms with E-state index < -0.39 is 21.8 Å². The summed E-state index contributed by atoms with van der Waals surface area (Å²) in [5.41, 5.74) is 3.61. The molecule has 3 N–H and O–H groups in total. The summed E-state index contributed by atoms with van der Waals surface area (Å²) in [4.78, 5) is 9.96. The number of H-pyrrole nitrogens is 3. The van der Waals surface area contributed by atoms with Crippen LogP contribution >= 0.6 is 0 Å². The van der Waals surface area contributed by atoms with E-state index in [0.717, 1.165) is 0 Å². The van der Waals surface area contributed by atoms with Crippen molar-refractivity contribution in [2.24, 2.45) is 0 Å².